The van der Waals surface area contributed by atoms with Gasteiger partial charge >= 0.3 is 0 Å². The summed E-state index contributed by atoms with van der Waals surface area (Å²) in [5.74, 6) is 1.83. The van der Waals surface area contributed by atoms with Gasteiger partial charge in [0.1, 0.15) is 12.1 Å². The molecule has 1 aromatic carbocycles. The van der Waals surface area contributed by atoms with Crippen molar-refractivity contribution in [3.63, 3.8) is 0 Å². The molecule has 1 saturated heterocycles. The number of hydrogen-bond acceptors (Lipinski definition) is 4. The maximum Gasteiger partial charge on any atom is 0.135 e. The predicted molar refractivity (Wildman–Crippen MR) is 100 cm³/mol. The van der Waals surface area contributed by atoms with Crippen LogP contribution in [0.15, 0.2) is 24.5 Å². The van der Waals surface area contributed by atoms with Gasteiger partial charge in [-0.1, -0.05) is 18.2 Å². The van der Waals surface area contributed by atoms with Crippen molar-refractivity contribution < 1.29 is 0 Å². The van der Waals surface area contributed by atoms with Crippen molar-refractivity contribution in [2.24, 2.45) is 0 Å². The van der Waals surface area contributed by atoms with E-state index in [1.54, 1.807) is 23.0 Å². The van der Waals surface area contributed by atoms with Gasteiger partial charge in [0, 0.05) is 37.4 Å². The quantitative estimate of drug-likeness (QED) is 0.917. The van der Waals surface area contributed by atoms with Gasteiger partial charge < -0.3 is 10.2 Å². The number of anilines is 1. The number of fused-ring (bicyclic) bond motifs is 2. The molecule has 1 N–H and O–H groups in total. The molecule has 1 aliphatic heterocycles. The number of aryl methyl sites for hydroxylation is 1. The number of rotatable bonds is 2. The summed E-state index contributed by atoms with van der Waals surface area (Å²) in [7, 11) is 0. The Morgan fingerprint density at radius 2 is 1.92 bits per heavy atom. The van der Waals surface area contributed by atoms with Crippen LogP contribution in [0, 0.1) is 0 Å². The number of nitrogens with one attached hydrogen (secondary N) is 1. The normalized spacial score (nSPS) is 22.6. The fraction of sp³-hybridized carbons (Fsp3) is 0.524. The van der Waals surface area contributed by atoms with E-state index in [1.165, 1.54) is 42.8 Å². The maximum atomic E-state index is 4.69. The lowest BCUT2D eigenvalue weighted by atomic mass is 9.80. The molecular weight excluding hydrogens is 308 g/mol. The number of nitrogens with zero attached hydrogens (tertiary/aromatic N) is 3. The molecule has 1 atom stereocenters. The fourth-order valence-corrected chi connectivity index (χ4v) is 4.97. The van der Waals surface area contributed by atoms with E-state index in [9.17, 15) is 0 Å². The molecule has 130 valence electrons. The maximum absolute atomic E-state index is 4.69. The zero-order chi connectivity index (χ0) is 16.6. The fourth-order valence-electron chi connectivity index (χ4n) is 4.97. The summed E-state index contributed by atoms with van der Waals surface area (Å²) in [4.78, 5) is 11.8. The van der Waals surface area contributed by atoms with Gasteiger partial charge in [-0.25, -0.2) is 9.97 Å². The summed E-state index contributed by atoms with van der Waals surface area (Å²) >= 11 is 0. The van der Waals surface area contributed by atoms with Gasteiger partial charge in [-0.15, -0.1) is 0 Å². The number of benzene rings is 1. The highest BCUT2D eigenvalue weighted by atomic mass is 15.2. The van der Waals surface area contributed by atoms with Crippen LogP contribution in [0.4, 0.5) is 5.82 Å². The lowest BCUT2D eigenvalue weighted by molar-refractivity contribution is 0.551. The summed E-state index contributed by atoms with van der Waals surface area (Å²) in [6.07, 6.45) is 9.07. The van der Waals surface area contributed by atoms with Gasteiger partial charge in [0.05, 0.1) is 0 Å². The largest absolute Gasteiger partial charge is 0.354 e. The molecule has 2 aromatic rings. The predicted octanol–water partition coefficient (Wildman–Crippen LogP) is 2.65. The first-order valence-electron chi connectivity index (χ1n) is 9.79. The van der Waals surface area contributed by atoms with Crippen LogP contribution in [0.5, 0.6) is 0 Å². The summed E-state index contributed by atoms with van der Waals surface area (Å²) in [5.41, 5.74) is 7.53. The van der Waals surface area contributed by atoms with Crippen molar-refractivity contribution in [2.45, 2.75) is 44.4 Å². The van der Waals surface area contributed by atoms with E-state index in [-0.39, 0.29) is 0 Å². The van der Waals surface area contributed by atoms with Crippen LogP contribution in [-0.2, 0) is 25.7 Å². The molecule has 3 aliphatic rings. The Morgan fingerprint density at radius 1 is 1.00 bits per heavy atom. The number of aromatic nitrogens is 2. The Hall–Kier alpha value is -1.94. The first-order valence-corrected chi connectivity index (χ1v) is 9.79. The molecule has 25 heavy (non-hydrogen) atoms. The van der Waals surface area contributed by atoms with E-state index in [2.05, 4.69) is 33.4 Å². The highest BCUT2D eigenvalue weighted by Crippen LogP contribution is 2.38. The van der Waals surface area contributed by atoms with Crippen LogP contribution in [0.1, 0.15) is 46.7 Å². The molecule has 1 unspecified atom stereocenters. The second-order valence-corrected chi connectivity index (χ2v) is 7.64. The minimum absolute atomic E-state index is 0.631. The average molecular weight is 334 g/mol. The van der Waals surface area contributed by atoms with Crippen LogP contribution in [0.2, 0.25) is 0 Å². The third kappa shape index (κ3) is 2.73. The summed E-state index contributed by atoms with van der Waals surface area (Å²) in [6.45, 7) is 4.22. The lowest BCUT2D eigenvalue weighted by Crippen LogP contribution is -2.44. The molecule has 0 bridgehead atoms. The molecule has 4 heteroatoms. The van der Waals surface area contributed by atoms with E-state index in [1.807, 2.05) is 0 Å². The van der Waals surface area contributed by atoms with Crippen LogP contribution < -0.4 is 10.2 Å². The molecule has 2 heterocycles. The van der Waals surface area contributed by atoms with Crippen molar-refractivity contribution in [3.8, 4) is 0 Å². The topological polar surface area (TPSA) is 41.1 Å². The molecule has 2 aliphatic carbocycles. The van der Waals surface area contributed by atoms with Crippen LogP contribution in [0.3, 0.4) is 0 Å². The standard InChI is InChI=1S/C21H26N4/c1-3-15-4-2-6-18(17(15)5-1)16-7-8-19-20(13-16)23-14-24-21(19)25-11-9-22-10-12-25/h2,4,6,14,16,22H,1,3,5,7-13H2. The van der Waals surface area contributed by atoms with E-state index < -0.39 is 0 Å². The van der Waals surface area contributed by atoms with Crippen molar-refractivity contribution in [1.29, 1.82) is 0 Å². The first kappa shape index (κ1) is 15.3. The van der Waals surface area contributed by atoms with Crippen LogP contribution in [0.25, 0.3) is 0 Å². The Kier molecular flexibility index (Phi) is 3.93. The third-order valence-electron chi connectivity index (χ3n) is 6.23. The van der Waals surface area contributed by atoms with Gasteiger partial charge in [0.2, 0.25) is 0 Å². The molecule has 1 fully saturated rings. The van der Waals surface area contributed by atoms with Gasteiger partial charge in [-0.3, -0.25) is 0 Å². The Morgan fingerprint density at radius 3 is 2.84 bits per heavy atom. The Bertz CT molecular complexity index is 779. The van der Waals surface area contributed by atoms with Gasteiger partial charge in [0.15, 0.2) is 0 Å². The second kappa shape index (κ2) is 6.41. The number of hydrogen-bond donors (Lipinski definition) is 1. The van der Waals surface area contributed by atoms with Crippen molar-refractivity contribution in [2.75, 3.05) is 31.1 Å². The van der Waals surface area contributed by atoms with Gasteiger partial charge in [0.25, 0.3) is 0 Å². The highest BCUT2D eigenvalue weighted by Gasteiger charge is 2.28. The molecule has 0 radical (unpaired) electrons. The SMILES string of the molecule is c1cc2c(c(C3CCc4c(ncnc4N4CCNCC4)C3)c1)CCC2. The number of piperazine rings is 1. The highest BCUT2D eigenvalue weighted by molar-refractivity contribution is 5.51. The first-order chi connectivity index (χ1) is 12.4. The summed E-state index contributed by atoms with van der Waals surface area (Å²) in [6, 6.07) is 6.96. The smallest absolute Gasteiger partial charge is 0.135 e. The van der Waals surface area contributed by atoms with Gasteiger partial charge in [-0.05, 0) is 61.1 Å². The van der Waals surface area contributed by atoms with Crippen molar-refractivity contribution in [1.82, 2.24) is 15.3 Å². The summed E-state index contributed by atoms with van der Waals surface area (Å²) < 4.78 is 0. The summed E-state index contributed by atoms with van der Waals surface area (Å²) in [5, 5.41) is 3.43. The molecule has 1 aromatic heterocycles. The molecule has 0 saturated carbocycles. The second-order valence-electron chi connectivity index (χ2n) is 7.64. The zero-order valence-electron chi connectivity index (χ0n) is 14.8. The monoisotopic (exact) mass is 334 g/mol. The minimum Gasteiger partial charge on any atom is -0.354 e. The molecule has 5 rings (SSSR count). The van der Waals surface area contributed by atoms with Crippen molar-refractivity contribution in [3.05, 3.63) is 52.5 Å². The van der Waals surface area contributed by atoms with E-state index in [4.69, 9.17) is 4.98 Å². The van der Waals surface area contributed by atoms with E-state index >= 15 is 0 Å². The molecule has 0 amide bonds. The molecule has 4 nitrogen and oxygen atoms in total. The lowest BCUT2D eigenvalue weighted by Gasteiger charge is -2.33. The third-order valence-corrected chi connectivity index (χ3v) is 6.23. The molecule has 0 spiro atoms. The van der Waals surface area contributed by atoms with Crippen LogP contribution >= 0.6 is 0 Å². The minimum atomic E-state index is 0.631. The van der Waals surface area contributed by atoms with E-state index in [0.29, 0.717) is 5.92 Å². The molecular formula is C21H26N4. The van der Waals surface area contributed by atoms with E-state index in [0.717, 1.165) is 39.0 Å². The van der Waals surface area contributed by atoms with Gasteiger partial charge in [-0.2, -0.15) is 0 Å². The Labute approximate surface area is 149 Å². The average Bonchev–Trinajstić information content (AvgIpc) is 3.16. The van der Waals surface area contributed by atoms with Crippen LogP contribution in [-0.4, -0.2) is 36.1 Å². The van der Waals surface area contributed by atoms with Crippen molar-refractivity contribution >= 4 is 5.82 Å². The Balaban J connectivity index is 1.45. The zero-order valence-corrected chi connectivity index (χ0v) is 14.8.